The number of nitrogens with one attached hydrogen (secondary N) is 1. The summed E-state index contributed by atoms with van der Waals surface area (Å²) in [4.78, 5) is 2.51. The average molecular weight is 259 g/mol. The Bertz CT molecular complexity index is 353. The molecule has 0 amide bonds. The molecule has 0 aromatic carbocycles. The Morgan fingerprint density at radius 1 is 1.35 bits per heavy atom. The van der Waals surface area contributed by atoms with E-state index < -0.39 is 0 Å². The molecule has 17 heavy (non-hydrogen) atoms. The predicted octanol–water partition coefficient (Wildman–Crippen LogP) is 1.33. The maximum absolute atomic E-state index is 4.39. The largest absolute Gasteiger partial charge is 0.309 e. The molecule has 0 aliphatic carbocycles. The molecular weight excluding hydrogens is 236 g/mol. The molecule has 5 heteroatoms. The number of aromatic nitrogens is 2. The SMILES string of the molecule is Cc1nn(C)cc1CN1CC(C)NC(C)C1.Cl. The molecule has 1 saturated heterocycles. The van der Waals surface area contributed by atoms with Gasteiger partial charge in [-0.2, -0.15) is 5.10 Å². The van der Waals surface area contributed by atoms with Crippen LogP contribution < -0.4 is 5.32 Å². The minimum atomic E-state index is 0. The smallest absolute Gasteiger partial charge is 0.0638 e. The van der Waals surface area contributed by atoms with E-state index in [9.17, 15) is 0 Å². The molecule has 2 heterocycles. The fourth-order valence-electron chi connectivity index (χ4n) is 2.61. The predicted molar refractivity (Wildman–Crippen MR) is 72.5 cm³/mol. The maximum atomic E-state index is 4.39. The van der Waals surface area contributed by atoms with Crippen molar-refractivity contribution in [2.45, 2.75) is 39.4 Å². The van der Waals surface area contributed by atoms with Crippen LogP contribution in [0.4, 0.5) is 0 Å². The number of aryl methyl sites for hydroxylation is 2. The summed E-state index contributed by atoms with van der Waals surface area (Å²) in [6.07, 6.45) is 2.13. The zero-order valence-electron chi connectivity index (χ0n) is 11.1. The van der Waals surface area contributed by atoms with Crippen molar-refractivity contribution >= 4 is 12.4 Å². The van der Waals surface area contributed by atoms with Gasteiger partial charge in [0.25, 0.3) is 0 Å². The highest BCUT2D eigenvalue weighted by molar-refractivity contribution is 5.85. The first-order valence-corrected chi connectivity index (χ1v) is 6.02. The quantitative estimate of drug-likeness (QED) is 0.869. The fraction of sp³-hybridized carbons (Fsp3) is 0.750. The summed E-state index contributed by atoms with van der Waals surface area (Å²) in [7, 11) is 1.99. The van der Waals surface area contributed by atoms with Crippen LogP contribution in [0.1, 0.15) is 25.1 Å². The summed E-state index contributed by atoms with van der Waals surface area (Å²) in [5.74, 6) is 0. The van der Waals surface area contributed by atoms with Gasteiger partial charge in [-0.1, -0.05) is 0 Å². The molecule has 4 nitrogen and oxygen atoms in total. The highest BCUT2D eigenvalue weighted by Crippen LogP contribution is 2.12. The number of halogens is 1. The first-order chi connectivity index (χ1) is 7.54. The van der Waals surface area contributed by atoms with Gasteiger partial charge in [0.15, 0.2) is 0 Å². The summed E-state index contributed by atoms with van der Waals surface area (Å²) in [5.41, 5.74) is 2.50. The molecule has 0 bridgehead atoms. The van der Waals surface area contributed by atoms with E-state index in [0.29, 0.717) is 12.1 Å². The van der Waals surface area contributed by atoms with Crippen LogP contribution in [0.25, 0.3) is 0 Å². The van der Waals surface area contributed by atoms with Crippen LogP contribution in [-0.4, -0.2) is 39.9 Å². The zero-order chi connectivity index (χ0) is 11.7. The molecule has 1 aromatic rings. The minimum Gasteiger partial charge on any atom is -0.309 e. The van der Waals surface area contributed by atoms with Crippen molar-refractivity contribution in [2.75, 3.05) is 13.1 Å². The van der Waals surface area contributed by atoms with Crippen molar-refractivity contribution in [3.63, 3.8) is 0 Å². The lowest BCUT2D eigenvalue weighted by molar-refractivity contribution is 0.166. The van der Waals surface area contributed by atoms with Gasteiger partial charge < -0.3 is 5.32 Å². The van der Waals surface area contributed by atoms with Gasteiger partial charge in [0.05, 0.1) is 5.69 Å². The first-order valence-electron chi connectivity index (χ1n) is 6.02. The lowest BCUT2D eigenvalue weighted by Gasteiger charge is -2.36. The Balaban J connectivity index is 0.00000144. The van der Waals surface area contributed by atoms with E-state index in [1.807, 2.05) is 11.7 Å². The van der Waals surface area contributed by atoms with Gasteiger partial charge in [-0.3, -0.25) is 9.58 Å². The molecule has 1 aromatic heterocycles. The number of nitrogens with zero attached hydrogens (tertiary/aromatic N) is 3. The maximum Gasteiger partial charge on any atom is 0.0638 e. The van der Waals surface area contributed by atoms with Crippen molar-refractivity contribution < 1.29 is 0 Å². The molecule has 2 rings (SSSR count). The van der Waals surface area contributed by atoms with Crippen molar-refractivity contribution in [3.05, 3.63) is 17.5 Å². The van der Waals surface area contributed by atoms with Crippen LogP contribution in [0, 0.1) is 6.92 Å². The van der Waals surface area contributed by atoms with Crippen molar-refractivity contribution in [3.8, 4) is 0 Å². The highest BCUT2D eigenvalue weighted by atomic mass is 35.5. The summed E-state index contributed by atoms with van der Waals surface area (Å²) in [5, 5.41) is 7.94. The second-order valence-electron chi connectivity index (χ2n) is 5.08. The molecule has 1 aliphatic heterocycles. The minimum absolute atomic E-state index is 0. The number of piperazine rings is 1. The van der Waals surface area contributed by atoms with E-state index in [-0.39, 0.29) is 12.4 Å². The van der Waals surface area contributed by atoms with Gasteiger partial charge in [0, 0.05) is 50.5 Å². The van der Waals surface area contributed by atoms with Crippen molar-refractivity contribution in [2.24, 2.45) is 7.05 Å². The Morgan fingerprint density at radius 2 is 1.94 bits per heavy atom. The van der Waals surface area contributed by atoms with E-state index in [1.54, 1.807) is 0 Å². The molecule has 1 N–H and O–H groups in total. The Labute approximate surface area is 110 Å². The molecule has 98 valence electrons. The topological polar surface area (TPSA) is 33.1 Å². The molecule has 1 aliphatic rings. The normalized spacial score (nSPS) is 25.6. The zero-order valence-corrected chi connectivity index (χ0v) is 11.9. The second kappa shape index (κ2) is 5.85. The lowest BCUT2D eigenvalue weighted by Crippen LogP contribution is -2.53. The summed E-state index contributed by atoms with van der Waals surface area (Å²) in [6, 6.07) is 1.17. The van der Waals surface area contributed by atoms with Crippen LogP contribution in [0.3, 0.4) is 0 Å². The van der Waals surface area contributed by atoms with E-state index in [4.69, 9.17) is 0 Å². The van der Waals surface area contributed by atoms with E-state index in [2.05, 4.69) is 42.3 Å². The molecule has 0 spiro atoms. The van der Waals surface area contributed by atoms with Gasteiger partial charge in [-0.15, -0.1) is 12.4 Å². The van der Waals surface area contributed by atoms with Crippen LogP contribution >= 0.6 is 12.4 Å². The Kier molecular flexibility index (Phi) is 4.98. The van der Waals surface area contributed by atoms with Crippen molar-refractivity contribution in [1.29, 1.82) is 0 Å². The Hall–Kier alpha value is -0.580. The third kappa shape index (κ3) is 3.69. The number of hydrogen-bond donors (Lipinski definition) is 1. The number of hydrogen-bond acceptors (Lipinski definition) is 3. The third-order valence-electron chi connectivity index (χ3n) is 3.14. The average Bonchev–Trinajstić information content (AvgIpc) is 2.43. The van der Waals surface area contributed by atoms with Crippen LogP contribution in [0.15, 0.2) is 6.20 Å². The Morgan fingerprint density at radius 3 is 2.41 bits per heavy atom. The molecule has 2 unspecified atom stereocenters. The highest BCUT2D eigenvalue weighted by Gasteiger charge is 2.21. The monoisotopic (exact) mass is 258 g/mol. The lowest BCUT2D eigenvalue weighted by atomic mass is 10.1. The van der Waals surface area contributed by atoms with Crippen LogP contribution in [0.2, 0.25) is 0 Å². The molecule has 0 saturated carbocycles. The first kappa shape index (κ1) is 14.5. The molecule has 0 radical (unpaired) electrons. The molecular formula is C12H23ClN4. The number of rotatable bonds is 2. The van der Waals surface area contributed by atoms with E-state index in [1.165, 1.54) is 5.56 Å². The summed E-state index contributed by atoms with van der Waals surface area (Å²) < 4.78 is 1.90. The van der Waals surface area contributed by atoms with Gasteiger partial charge >= 0.3 is 0 Å². The van der Waals surface area contributed by atoms with Crippen LogP contribution in [0.5, 0.6) is 0 Å². The second-order valence-corrected chi connectivity index (χ2v) is 5.08. The van der Waals surface area contributed by atoms with Crippen molar-refractivity contribution in [1.82, 2.24) is 20.0 Å². The van der Waals surface area contributed by atoms with E-state index >= 15 is 0 Å². The van der Waals surface area contributed by atoms with Gasteiger partial charge in [0.2, 0.25) is 0 Å². The van der Waals surface area contributed by atoms with E-state index in [0.717, 1.165) is 25.3 Å². The fourth-order valence-corrected chi connectivity index (χ4v) is 2.61. The van der Waals surface area contributed by atoms with Gasteiger partial charge in [-0.05, 0) is 20.8 Å². The summed E-state index contributed by atoms with van der Waals surface area (Å²) >= 11 is 0. The van der Waals surface area contributed by atoms with Gasteiger partial charge in [-0.25, -0.2) is 0 Å². The van der Waals surface area contributed by atoms with Crippen LogP contribution in [-0.2, 0) is 13.6 Å². The summed E-state index contributed by atoms with van der Waals surface area (Å²) in [6.45, 7) is 9.86. The molecule has 1 fully saturated rings. The third-order valence-corrected chi connectivity index (χ3v) is 3.14. The van der Waals surface area contributed by atoms with Gasteiger partial charge in [0.1, 0.15) is 0 Å². The standard InChI is InChI=1S/C12H22N4.ClH/c1-9-5-16(6-10(2)13-9)8-12-7-15(4)14-11(12)3;/h7,9-10,13H,5-6,8H2,1-4H3;1H. The molecule has 2 atom stereocenters.